The fraction of sp³-hybridized carbons (Fsp3) is 0.150. The van der Waals surface area contributed by atoms with Crippen LogP contribution in [0.1, 0.15) is 26.4 Å². The van der Waals surface area contributed by atoms with Crippen molar-refractivity contribution in [3.63, 3.8) is 0 Å². The molecule has 31 heavy (non-hydrogen) atoms. The van der Waals surface area contributed by atoms with E-state index in [1.807, 2.05) is 0 Å². The minimum atomic E-state index is -1.22. The third-order valence-corrected chi connectivity index (χ3v) is 4.55. The number of methoxy groups -OCH3 is 2. The van der Waals surface area contributed by atoms with Crippen molar-refractivity contribution in [2.75, 3.05) is 19.5 Å². The van der Waals surface area contributed by atoms with Gasteiger partial charge in [0.05, 0.1) is 24.8 Å². The summed E-state index contributed by atoms with van der Waals surface area (Å²) in [6.45, 7) is 0.137. The fourth-order valence-corrected chi connectivity index (χ4v) is 2.98. The zero-order valence-corrected chi connectivity index (χ0v) is 17.1. The van der Waals surface area contributed by atoms with E-state index < -0.39 is 23.4 Å². The molecule has 2 amide bonds. The highest BCUT2D eigenvalue weighted by Crippen LogP contribution is 2.30. The van der Waals surface area contributed by atoms with E-state index in [2.05, 4.69) is 20.8 Å². The maximum atomic E-state index is 13.4. The molecule has 3 rings (SSSR count). The molecule has 1 aromatic heterocycles. The van der Waals surface area contributed by atoms with E-state index in [-0.39, 0.29) is 28.6 Å². The summed E-state index contributed by atoms with van der Waals surface area (Å²) < 4.78 is 37.1. The molecule has 11 heteroatoms. The van der Waals surface area contributed by atoms with Gasteiger partial charge in [-0.2, -0.15) is 5.10 Å². The molecule has 3 N–H and O–H groups in total. The number of aromatic nitrogens is 2. The van der Waals surface area contributed by atoms with Crippen LogP contribution in [0.2, 0.25) is 5.02 Å². The number of hydrogen-bond donors (Lipinski definition) is 3. The van der Waals surface area contributed by atoms with Crippen molar-refractivity contribution in [1.82, 2.24) is 15.5 Å². The average Bonchev–Trinajstić information content (AvgIpc) is 3.22. The number of nitrogens with zero attached hydrogens (tertiary/aromatic N) is 1. The summed E-state index contributed by atoms with van der Waals surface area (Å²) in [6, 6.07) is 7.91. The predicted molar refractivity (Wildman–Crippen MR) is 109 cm³/mol. The third-order valence-electron chi connectivity index (χ3n) is 4.24. The highest BCUT2D eigenvalue weighted by molar-refractivity contribution is 6.34. The first-order valence-electron chi connectivity index (χ1n) is 8.83. The number of para-hydroxylation sites is 1. The molecule has 0 saturated carbocycles. The summed E-state index contributed by atoms with van der Waals surface area (Å²) in [5.74, 6) is -2.64. The maximum Gasteiger partial charge on any atom is 0.272 e. The van der Waals surface area contributed by atoms with Crippen LogP contribution in [0.5, 0.6) is 11.5 Å². The van der Waals surface area contributed by atoms with Crippen molar-refractivity contribution in [3.05, 3.63) is 69.9 Å². The van der Waals surface area contributed by atoms with E-state index in [0.717, 1.165) is 0 Å². The molecule has 2 aromatic carbocycles. The maximum absolute atomic E-state index is 13.4. The zero-order valence-electron chi connectivity index (χ0n) is 16.4. The van der Waals surface area contributed by atoms with Gasteiger partial charge in [0.25, 0.3) is 11.8 Å². The van der Waals surface area contributed by atoms with Crippen LogP contribution in [0.4, 0.5) is 14.6 Å². The molecule has 162 valence electrons. The number of amides is 2. The number of rotatable bonds is 7. The van der Waals surface area contributed by atoms with Crippen LogP contribution in [0.15, 0.2) is 36.4 Å². The molecule has 0 radical (unpaired) electrons. The summed E-state index contributed by atoms with van der Waals surface area (Å²) in [5.41, 5.74) is 0.409. The second-order valence-corrected chi connectivity index (χ2v) is 6.61. The Morgan fingerprint density at radius 3 is 2.55 bits per heavy atom. The smallest absolute Gasteiger partial charge is 0.272 e. The molecular weight excluding hydrogens is 434 g/mol. The highest BCUT2D eigenvalue weighted by atomic mass is 35.5. The third kappa shape index (κ3) is 4.92. The Morgan fingerprint density at radius 2 is 1.84 bits per heavy atom. The number of halogens is 3. The lowest BCUT2D eigenvalue weighted by Gasteiger charge is -2.12. The van der Waals surface area contributed by atoms with E-state index in [1.165, 1.54) is 20.3 Å². The van der Waals surface area contributed by atoms with Crippen molar-refractivity contribution in [2.45, 2.75) is 6.54 Å². The predicted octanol–water partition coefficient (Wildman–Crippen LogP) is 3.54. The molecular formula is C20H17ClF2N4O4. The first-order valence-corrected chi connectivity index (χ1v) is 9.21. The minimum Gasteiger partial charge on any atom is -0.493 e. The van der Waals surface area contributed by atoms with Crippen LogP contribution in [-0.4, -0.2) is 36.2 Å². The highest BCUT2D eigenvalue weighted by Gasteiger charge is 2.18. The van der Waals surface area contributed by atoms with Crippen LogP contribution in [0.3, 0.4) is 0 Å². The van der Waals surface area contributed by atoms with Crippen LogP contribution in [-0.2, 0) is 6.54 Å². The summed E-state index contributed by atoms with van der Waals surface area (Å²) >= 11 is 5.79. The van der Waals surface area contributed by atoms with Gasteiger partial charge in [0.15, 0.2) is 28.8 Å². The van der Waals surface area contributed by atoms with Gasteiger partial charge in [-0.25, -0.2) is 8.78 Å². The normalized spacial score (nSPS) is 10.5. The van der Waals surface area contributed by atoms with Gasteiger partial charge in [0.2, 0.25) is 0 Å². The summed E-state index contributed by atoms with van der Waals surface area (Å²) in [5, 5.41) is 11.1. The van der Waals surface area contributed by atoms with Gasteiger partial charge in [0.1, 0.15) is 5.82 Å². The van der Waals surface area contributed by atoms with Gasteiger partial charge in [-0.1, -0.05) is 23.7 Å². The Balaban J connectivity index is 1.66. The minimum absolute atomic E-state index is 0.00598. The second-order valence-electron chi connectivity index (χ2n) is 6.20. The van der Waals surface area contributed by atoms with E-state index in [9.17, 15) is 18.4 Å². The van der Waals surface area contributed by atoms with Crippen molar-refractivity contribution < 1.29 is 27.8 Å². The largest absolute Gasteiger partial charge is 0.493 e. The van der Waals surface area contributed by atoms with Gasteiger partial charge in [-0.15, -0.1) is 0 Å². The summed E-state index contributed by atoms with van der Waals surface area (Å²) in [6.07, 6.45) is 0. The van der Waals surface area contributed by atoms with Crippen LogP contribution in [0.25, 0.3) is 0 Å². The Morgan fingerprint density at radius 1 is 1.10 bits per heavy atom. The molecule has 0 aliphatic carbocycles. The lowest BCUT2D eigenvalue weighted by atomic mass is 10.2. The van der Waals surface area contributed by atoms with Crippen molar-refractivity contribution in [2.24, 2.45) is 0 Å². The summed E-state index contributed by atoms with van der Waals surface area (Å²) in [4.78, 5) is 24.6. The van der Waals surface area contributed by atoms with E-state index in [1.54, 1.807) is 18.2 Å². The Bertz CT molecular complexity index is 1140. The monoisotopic (exact) mass is 450 g/mol. The Labute approximate surface area is 180 Å². The molecule has 0 spiro atoms. The van der Waals surface area contributed by atoms with Crippen LogP contribution >= 0.6 is 11.6 Å². The Kier molecular flexibility index (Phi) is 6.71. The van der Waals surface area contributed by atoms with Crippen molar-refractivity contribution in [3.8, 4) is 11.5 Å². The van der Waals surface area contributed by atoms with Gasteiger partial charge < -0.3 is 20.1 Å². The van der Waals surface area contributed by atoms with E-state index >= 15 is 0 Å². The molecule has 0 aliphatic heterocycles. The molecule has 1 heterocycles. The lowest BCUT2D eigenvalue weighted by Crippen LogP contribution is -2.23. The molecule has 0 atom stereocenters. The molecule has 0 fully saturated rings. The standard InChI is InChI=1S/C20H17ClF2N4O4/c1-30-16-5-3-4-10(18(16)31-2)9-24-20(29)15-8-17(27-26-15)25-19(28)11-6-13(22)14(23)7-12(11)21/h3-8H,9H2,1-2H3,(H,24,29)(H2,25,26,27,28). The molecule has 0 aliphatic rings. The van der Waals surface area contributed by atoms with Crippen LogP contribution in [0, 0.1) is 11.6 Å². The Hall–Kier alpha value is -3.66. The molecule has 8 nitrogen and oxygen atoms in total. The number of benzene rings is 2. The first kappa shape index (κ1) is 22.0. The van der Waals surface area contributed by atoms with Gasteiger partial charge in [-0.3, -0.25) is 14.7 Å². The number of ether oxygens (including phenoxy) is 2. The van der Waals surface area contributed by atoms with Gasteiger partial charge >= 0.3 is 0 Å². The fourth-order valence-electron chi connectivity index (χ4n) is 2.75. The molecule has 3 aromatic rings. The summed E-state index contributed by atoms with van der Waals surface area (Å²) in [7, 11) is 3.00. The average molecular weight is 451 g/mol. The van der Waals surface area contributed by atoms with Gasteiger partial charge in [-0.05, 0) is 18.2 Å². The number of aromatic amines is 1. The number of carbonyl (C=O) groups excluding carboxylic acids is 2. The number of H-pyrrole nitrogens is 1. The van der Waals surface area contributed by atoms with Crippen LogP contribution < -0.4 is 20.1 Å². The molecule has 0 bridgehead atoms. The number of carbonyl (C=O) groups is 2. The zero-order chi connectivity index (χ0) is 22.5. The lowest BCUT2D eigenvalue weighted by molar-refractivity contribution is 0.0944. The van der Waals surface area contributed by atoms with Crippen molar-refractivity contribution in [1.29, 1.82) is 0 Å². The van der Waals surface area contributed by atoms with E-state index in [4.69, 9.17) is 21.1 Å². The van der Waals surface area contributed by atoms with Crippen molar-refractivity contribution >= 4 is 29.2 Å². The second kappa shape index (κ2) is 9.43. The number of nitrogens with one attached hydrogen (secondary N) is 3. The number of hydrogen-bond acceptors (Lipinski definition) is 5. The molecule has 0 unspecified atom stereocenters. The van der Waals surface area contributed by atoms with E-state index in [0.29, 0.717) is 29.2 Å². The van der Waals surface area contributed by atoms with Gasteiger partial charge in [0, 0.05) is 18.2 Å². The molecule has 0 saturated heterocycles. The topological polar surface area (TPSA) is 105 Å². The first-order chi connectivity index (χ1) is 14.8. The number of anilines is 1. The SMILES string of the molecule is COc1cccc(CNC(=O)c2cc(NC(=O)c3cc(F)c(F)cc3Cl)[nH]n2)c1OC. The quantitative estimate of drug-likeness (QED) is 0.477.